The molecule has 66 valence electrons. The molecule has 0 saturated carbocycles. The summed E-state index contributed by atoms with van der Waals surface area (Å²) in [4.78, 5) is 6.15. The third-order valence-electron chi connectivity index (χ3n) is 1.92. The van der Waals surface area contributed by atoms with Crippen molar-refractivity contribution in [2.45, 2.75) is 19.5 Å². The molecule has 0 aromatic carbocycles. The second-order valence-corrected chi connectivity index (χ2v) is 3.69. The van der Waals surface area contributed by atoms with E-state index in [0.717, 1.165) is 17.5 Å². The van der Waals surface area contributed by atoms with Gasteiger partial charge in [-0.15, -0.1) is 0 Å². The summed E-state index contributed by atoms with van der Waals surface area (Å²) >= 11 is 1.35. The lowest BCUT2D eigenvalue weighted by Crippen LogP contribution is -2.19. The van der Waals surface area contributed by atoms with Crippen LogP contribution in [0.4, 0.5) is 9.52 Å². The quantitative estimate of drug-likeness (QED) is 0.665. The second-order valence-electron chi connectivity index (χ2n) is 2.96. The van der Waals surface area contributed by atoms with Crippen molar-refractivity contribution in [3.05, 3.63) is 5.82 Å². The lowest BCUT2D eigenvalue weighted by atomic mass is 10.3. The minimum atomic E-state index is -0.686. The van der Waals surface area contributed by atoms with Gasteiger partial charge in [0.15, 0.2) is 0 Å². The molecule has 1 aliphatic heterocycles. The molecule has 0 N–H and O–H groups in total. The van der Waals surface area contributed by atoms with Crippen molar-refractivity contribution in [2.75, 3.05) is 18.0 Å². The van der Waals surface area contributed by atoms with Gasteiger partial charge in [-0.2, -0.15) is 4.37 Å². The maximum absolute atomic E-state index is 12.8. The molecule has 1 saturated heterocycles. The molecule has 3 nitrogen and oxygen atoms in total. The predicted molar refractivity (Wildman–Crippen MR) is 46.4 cm³/mol. The van der Waals surface area contributed by atoms with Gasteiger partial charge in [0.25, 0.3) is 0 Å². The number of nitrogens with zero attached hydrogens (tertiary/aromatic N) is 3. The number of alkyl halides is 1. The molecule has 0 amide bonds. The first kappa shape index (κ1) is 7.91. The maximum atomic E-state index is 12.8. The highest BCUT2D eigenvalue weighted by Gasteiger charge is 2.23. The van der Waals surface area contributed by atoms with Crippen LogP contribution in [0.2, 0.25) is 0 Å². The van der Waals surface area contributed by atoms with Crippen LogP contribution in [-0.4, -0.2) is 28.6 Å². The zero-order chi connectivity index (χ0) is 8.55. The van der Waals surface area contributed by atoms with Crippen molar-refractivity contribution in [3.8, 4) is 0 Å². The summed E-state index contributed by atoms with van der Waals surface area (Å²) in [5.41, 5.74) is 0. The van der Waals surface area contributed by atoms with Gasteiger partial charge < -0.3 is 4.90 Å². The Kier molecular flexibility index (Phi) is 1.96. The number of rotatable bonds is 1. The Bertz CT molecular complexity index is 275. The monoisotopic (exact) mass is 187 g/mol. The molecule has 2 rings (SSSR count). The van der Waals surface area contributed by atoms with Gasteiger partial charge in [0.2, 0.25) is 5.13 Å². The van der Waals surface area contributed by atoms with Crippen molar-refractivity contribution in [3.63, 3.8) is 0 Å². The Morgan fingerprint density at radius 3 is 3.00 bits per heavy atom. The molecule has 0 spiro atoms. The molecule has 1 unspecified atom stereocenters. The number of aromatic nitrogens is 2. The zero-order valence-electron chi connectivity index (χ0n) is 6.83. The summed E-state index contributed by atoms with van der Waals surface area (Å²) < 4.78 is 16.8. The lowest BCUT2D eigenvalue weighted by molar-refractivity contribution is 0.364. The van der Waals surface area contributed by atoms with E-state index in [4.69, 9.17) is 0 Å². The van der Waals surface area contributed by atoms with Gasteiger partial charge in [-0.3, -0.25) is 0 Å². The van der Waals surface area contributed by atoms with E-state index >= 15 is 0 Å². The standard InChI is InChI=1S/C7H10FN3S/c1-5-9-7(12-10-5)11-3-2-6(8)4-11/h6H,2-4H2,1H3. The van der Waals surface area contributed by atoms with Gasteiger partial charge in [0, 0.05) is 18.1 Å². The Hall–Kier alpha value is -0.710. The van der Waals surface area contributed by atoms with E-state index in [-0.39, 0.29) is 0 Å². The molecular weight excluding hydrogens is 177 g/mol. The molecule has 1 fully saturated rings. The first-order valence-corrected chi connectivity index (χ1v) is 4.72. The maximum Gasteiger partial charge on any atom is 0.205 e. The van der Waals surface area contributed by atoms with Gasteiger partial charge in [-0.1, -0.05) is 0 Å². The molecule has 0 aliphatic carbocycles. The summed E-state index contributed by atoms with van der Waals surface area (Å²) in [5, 5.41) is 0.854. The third-order valence-corrected chi connectivity index (χ3v) is 2.79. The van der Waals surface area contributed by atoms with E-state index in [1.807, 2.05) is 11.8 Å². The van der Waals surface area contributed by atoms with Gasteiger partial charge in [-0.05, 0) is 13.3 Å². The molecule has 1 aliphatic rings. The molecule has 0 bridgehead atoms. The Morgan fingerprint density at radius 1 is 1.67 bits per heavy atom. The van der Waals surface area contributed by atoms with E-state index in [2.05, 4.69) is 9.36 Å². The summed E-state index contributed by atoms with van der Waals surface area (Å²) in [6.07, 6.45) is -0.0623. The number of aryl methyl sites for hydroxylation is 1. The number of halogens is 1. The topological polar surface area (TPSA) is 29.0 Å². The van der Waals surface area contributed by atoms with Crippen LogP contribution in [0, 0.1) is 6.92 Å². The van der Waals surface area contributed by atoms with E-state index in [1.54, 1.807) is 0 Å². The molecule has 2 heterocycles. The molecule has 1 aromatic heterocycles. The normalized spacial score (nSPS) is 23.5. The van der Waals surface area contributed by atoms with Crippen molar-refractivity contribution in [2.24, 2.45) is 0 Å². The van der Waals surface area contributed by atoms with E-state index in [1.165, 1.54) is 11.5 Å². The molecule has 0 radical (unpaired) electrons. The van der Waals surface area contributed by atoms with E-state index in [9.17, 15) is 4.39 Å². The Labute approximate surface area is 74.4 Å². The number of hydrogen-bond acceptors (Lipinski definition) is 4. The van der Waals surface area contributed by atoms with Crippen LogP contribution in [-0.2, 0) is 0 Å². The van der Waals surface area contributed by atoms with E-state index < -0.39 is 6.17 Å². The van der Waals surface area contributed by atoms with Crippen LogP contribution in [0.25, 0.3) is 0 Å². The fourth-order valence-corrected chi connectivity index (χ4v) is 2.01. The second kappa shape index (κ2) is 2.97. The Morgan fingerprint density at radius 2 is 2.50 bits per heavy atom. The van der Waals surface area contributed by atoms with Crippen molar-refractivity contribution in [1.29, 1.82) is 0 Å². The first-order chi connectivity index (χ1) is 5.75. The van der Waals surface area contributed by atoms with Crippen LogP contribution in [0.3, 0.4) is 0 Å². The predicted octanol–water partition coefficient (Wildman–Crippen LogP) is 1.39. The van der Waals surface area contributed by atoms with Crippen LogP contribution >= 0.6 is 11.5 Å². The van der Waals surface area contributed by atoms with Crippen molar-refractivity contribution in [1.82, 2.24) is 9.36 Å². The minimum Gasteiger partial charge on any atom is -0.344 e. The summed E-state index contributed by atoms with van der Waals surface area (Å²) in [6.45, 7) is 3.10. The van der Waals surface area contributed by atoms with Gasteiger partial charge in [0.05, 0.1) is 6.54 Å². The molecule has 12 heavy (non-hydrogen) atoms. The van der Waals surface area contributed by atoms with Crippen LogP contribution in [0.15, 0.2) is 0 Å². The van der Waals surface area contributed by atoms with Gasteiger partial charge >= 0.3 is 0 Å². The highest BCUT2D eigenvalue weighted by atomic mass is 32.1. The molecule has 1 atom stereocenters. The smallest absolute Gasteiger partial charge is 0.205 e. The largest absolute Gasteiger partial charge is 0.344 e. The Balaban J connectivity index is 2.11. The molecule has 1 aromatic rings. The average Bonchev–Trinajstić information content (AvgIpc) is 2.58. The average molecular weight is 187 g/mol. The lowest BCUT2D eigenvalue weighted by Gasteiger charge is -2.11. The highest BCUT2D eigenvalue weighted by molar-refractivity contribution is 7.09. The summed E-state index contributed by atoms with van der Waals surface area (Å²) in [6, 6.07) is 0. The summed E-state index contributed by atoms with van der Waals surface area (Å²) in [5.74, 6) is 0.775. The number of anilines is 1. The molecule has 5 heteroatoms. The minimum absolute atomic E-state index is 0.481. The number of hydrogen-bond donors (Lipinski definition) is 0. The SMILES string of the molecule is Cc1nsc(N2CCC(F)C2)n1. The van der Waals surface area contributed by atoms with Gasteiger partial charge in [-0.25, -0.2) is 9.37 Å². The third kappa shape index (κ3) is 1.41. The van der Waals surface area contributed by atoms with Crippen LogP contribution in [0.1, 0.15) is 12.2 Å². The highest BCUT2D eigenvalue weighted by Crippen LogP contribution is 2.22. The van der Waals surface area contributed by atoms with Crippen molar-refractivity contribution >= 4 is 16.7 Å². The summed E-state index contributed by atoms with van der Waals surface area (Å²) in [7, 11) is 0. The van der Waals surface area contributed by atoms with Crippen LogP contribution < -0.4 is 4.90 Å². The first-order valence-electron chi connectivity index (χ1n) is 3.95. The fraction of sp³-hybridized carbons (Fsp3) is 0.714. The van der Waals surface area contributed by atoms with Crippen LogP contribution in [0.5, 0.6) is 0 Å². The zero-order valence-corrected chi connectivity index (χ0v) is 7.64. The fourth-order valence-electron chi connectivity index (χ4n) is 1.31. The van der Waals surface area contributed by atoms with Gasteiger partial charge in [0.1, 0.15) is 12.0 Å². The van der Waals surface area contributed by atoms with Crippen molar-refractivity contribution < 1.29 is 4.39 Å². The van der Waals surface area contributed by atoms with E-state index in [0.29, 0.717) is 13.0 Å². The molecular formula is C7H10FN3S.